The number of hydrogen-bond acceptors (Lipinski definition) is 4. The summed E-state index contributed by atoms with van der Waals surface area (Å²) in [5.41, 5.74) is -0.0690. The molecular formula is C11H14ClN3O2. The molecule has 1 unspecified atom stereocenters. The van der Waals surface area contributed by atoms with E-state index in [0.29, 0.717) is 18.3 Å². The van der Waals surface area contributed by atoms with Gasteiger partial charge >= 0.3 is 5.69 Å². The van der Waals surface area contributed by atoms with Gasteiger partial charge in [-0.3, -0.25) is 10.1 Å². The van der Waals surface area contributed by atoms with Crippen LogP contribution in [0.15, 0.2) is 12.3 Å². The van der Waals surface area contributed by atoms with E-state index in [9.17, 15) is 10.1 Å². The van der Waals surface area contributed by atoms with Crippen LogP contribution in [-0.2, 0) is 0 Å². The highest BCUT2D eigenvalue weighted by atomic mass is 35.5. The molecule has 5 nitrogen and oxygen atoms in total. The Kier molecular flexibility index (Phi) is 3.47. The van der Waals surface area contributed by atoms with Crippen molar-refractivity contribution in [3.63, 3.8) is 0 Å². The van der Waals surface area contributed by atoms with Gasteiger partial charge in [-0.15, -0.1) is 0 Å². The lowest BCUT2D eigenvalue weighted by Gasteiger charge is -2.11. The molecule has 0 aliphatic heterocycles. The van der Waals surface area contributed by atoms with Gasteiger partial charge in [-0.1, -0.05) is 18.5 Å². The van der Waals surface area contributed by atoms with Gasteiger partial charge in [0.05, 0.1) is 9.95 Å². The standard InChI is InChI=1S/C11H14ClN3O2/c1-7(8-2-3-8)5-13-11-10(15(16)17)4-9(12)6-14-11/h4,6-8H,2-3,5H2,1H3,(H,13,14). The normalized spacial score (nSPS) is 16.6. The van der Waals surface area contributed by atoms with Crippen LogP contribution in [0.25, 0.3) is 0 Å². The first-order valence-corrected chi connectivity index (χ1v) is 5.99. The van der Waals surface area contributed by atoms with E-state index in [4.69, 9.17) is 11.6 Å². The van der Waals surface area contributed by atoms with E-state index < -0.39 is 4.92 Å². The summed E-state index contributed by atoms with van der Waals surface area (Å²) >= 11 is 5.69. The largest absolute Gasteiger partial charge is 0.364 e. The van der Waals surface area contributed by atoms with Crippen molar-refractivity contribution in [3.05, 3.63) is 27.4 Å². The highest BCUT2D eigenvalue weighted by Crippen LogP contribution is 2.36. The lowest BCUT2D eigenvalue weighted by molar-refractivity contribution is -0.384. The van der Waals surface area contributed by atoms with Gasteiger partial charge in [0.1, 0.15) is 0 Å². The summed E-state index contributed by atoms with van der Waals surface area (Å²) in [6.45, 7) is 2.85. The van der Waals surface area contributed by atoms with Gasteiger partial charge in [-0.05, 0) is 24.7 Å². The van der Waals surface area contributed by atoms with E-state index in [1.165, 1.54) is 25.1 Å². The quantitative estimate of drug-likeness (QED) is 0.648. The number of halogens is 1. The molecule has 0 aromatic carbocycles. The number of aromatic nitrogens is 1. The summed E-state index contributed by atoms with van der Waals surface area (Å²) in [4.78, 5) is 14.3. The van der Waals surface area contributed by atoms with Gasteiger partial charge in [-0.2, -0.15) is 0 Å². The Morgan fingerprint density at radius 2 is 2.41 bits per heavy atom. The van der Waals surface area contributed by atoms with E-state index in [2.05, 4.69) is 17.2 Å². The van der Waals surface area contributed by atoms with Gasteiger partial charge in [0.15, 0.2) is 0 Å². The molecule has 1 N–H and O–H groups in total. The Hall–Kier alpha value is -1.36. The van der Waals surface area contributed by atoms with E-state index in [-0.39, 0.29) is 10.7 Å². The molecule has 0 saturated heterocycles. The van der Waals surface area contributed by atoms with Crippen molar-refractivity contribution >= 4 is 23.1 Å². The summed E-state index contributed by atoms with van der Waals surface area (Å²) in [5.74, 6) is 1.58. The molecule has 0 amide bonds. The number of hydrogen-bond donors (Lipinski definition) is 1. The minimum Gasteiger partial charge on any atom is -0.364 e. The first-order chi connectivity index (χ1) is 8.08. The molecule has 1 saturated carbocycles. The van der Waals surface area contributed by atoms with Crippen molar-refractivity contribution in [3.8, 4) is 0 Å². The lowest BCUT2D eigenvalue weighted by atomic mass is 10.1. The van der Waals surface area contributed by atoms with Crippen molar-refractivity contribution in [2.75, 3.05) is 11.9 Å². The summed E-state index contributed by atoms with van der Waals surface area (Å²) < 4.78 is 0. The van der Waals surface area contributed by atoms with Gasteiger partial charge in [0, 0.05) is 18.8 Å². The zero-order chi connectivity index (χ0) is 12.4. The summed E-state index contributed by atoms with van der Waals surface area (Å²) in [5, 5.41) is 14.1. The second-order valence-electron chi connectivity index (χ2n) is 4.47. The average Bonchev–Trinajstić information content (AvgIpc) is 3.10. The Balaban J connectivity index is 2.06. The second-order valence-corrected chi connectivity index (χ2v) is 4.91. The Morgan fingerprint density at radius 3 is 3.00 bits per heavy atom. The number of nitrogens with zero attached hydrogens (tertiary/aromatic N) is 2. The average molecular weight is 256 g/mol. The van der Waals surface area contributed by atoms with E-state index in [0.717, 1.165) is 5.92 Å². The zero-order valence-electron chi connectivity index (χ0n) is 9.52. The molecule has 1 atom stereocenters. The monoisotopic (exact) mass is 255 g/mol. The van der Waals surface area contributed by atoms with Gasteiger partial charge in [0.2, 0.25) is 5.82 Å². The maximum atomic E-state index is 10.8. The molecule has 6 heteroatoms. The molecule has 0 bridgehead atoms. The fourth-order valence-corrected chi connectivity index (χ4v) is 1.95. The van der Waals surface area contributed by atoms with Crippen LogP contribution in [0.4, 0.5) is 11.5 Å². The van der Waals surface area contributed by atoms with Gasteiger partial charge in [-0.25, -0.2) is 4.98 Å². The molecule has 92 valence electrons. The summed E-state index contributed by atoms with van der Waals surface area (Å²) in [6, 6.07) is 1.32. The number of rotatable bonds is 5. The third-order valence-electron chi connectivity index (χ3n) is 3.05. The van der Waals surface area contributed by atoms with Crippen LogP contribution in [0.3, 0.4) is 0 Å². The third kappa shape index (κ3) is 3.06. The summed E-state index contributed by atoms with van der Waals surface area (Å²) in [7, 11) is 0. The van der Waals surface area contributed by atoms with Crippen molar-refractivity contribution in [1.82, 2.24) is 4.98 Å². The smallest absolute Gasteiger partial charge is 0.312 e. The molecular weight excluding hydrogens is 242 g/mol. The zero-order valence-corrected chi connectivity index (χ0v) is 10.3. The van der Waals surface area contributed by atoms with Crippen molar-refractivity contribution in [1.29, 1.82) is 0 Å². The molecule has 2 rings (SSSR count). The minimum atomic E-state index is -0.469. The molecule has 1 aliphatic rings. The van der Waals surface area contributed by atoms with E-state index in [1.807, 2.05) is 0 Å². The molecule has 17 heavy (non-hydrogen) atoms. The molecule has 1 aromatic rings. The molecule has 1 fully saturated rings. The molecule has 1 aliphatic carbocycles. The Bertz CT molecular complexity index is 435. The maximum absolute atomic E-state index is 10.8. The highest BCUT2D eigenvalue weighted by Gasteiger charge is 2.28. The van der Waals surface area contributed by atoms with Gasteiger partial charge in [0.25, 0.3) is 0 Å². The Morgan fingerprint density at radius 1 is 1.71 bits per heavy atom. The number of nitrogens with one attached hydrogen (secondary N) is 1. The third-order valence-corrected chi connectivity index (χ3v) is 3.26. The van der Waals surface area contributed by atoms with Crippen LogP contribution >= 0.6 is 11.6 Å². The van der Waals surface area contributed by atoms with Crippen LogP contribution in [0.5, 0.6) is 0 Å². The maximum Gasteiger partial charge on any atom is 0.312 e. The molecule has 1 heterocycles. The van der Waals surface area contributed by atoms with E-state index >= 15 is 0 Å². The number of pyridine rings is 1. The highest BCUT2D eigenvalue weighted by molar-refractivity contribution is 6.30. The fraction of sp³-hybridized carbons (Fsp3) is 0.545. The topological polar surface area (TPSA) is 68.1 Å². The van der Waals surface area contributed by atoms with Crippen LogP contribution in [0, 0.1) is 22.0 Å². The van der Waals surface area contributed by atoms with E-state index in [1.54, 1.807) is 0 Å². The van der Waals surface area contributed by atoms with Crippen LogP contribution in [0.1, 0.15) is 19.8 Å². The van der Waals surface area contributed by atoms with Crippen LogP contribution in [0.2, 0.25) is 5.02 Å². The fourth-order valence-electron chi connectivity index (χ4n) is 1.79. The molecule has 1 aromatic heterocycles. The number of anilines is 1. The molecule has 0 spiro atoms. The molecule has 0 radical (unpaired) electrons. The second kappa shape index (κ2) is 4.87. The lowest BCUT2D eigenvalue weighted by Crippen LogP contribution is -2.14. The van der Waals surface area contributed by atoms with Crippen molar-refractivity contribution in [2.45, 2.75) is 19.8 Å². The first kappa shape index (κ1) is 12.1. The first-order valence-electron chi connectivity index (χ1n) is 5.61. The summed E-state index contributed by atoms with van der Waals surface area (Å²) in [6.07, 6.45) is 3.94. The minimum absolute atomic E-state index is 0.0690. The predicted octanol–water partition coefficient (Wildman–Crippen LogP) is 3.10. The SMILES string of the molecule is CC(CNc1ncc(Cl)cc1[N+](=O)[O-])C1CC1. The predicted molar refractivity (Wildman–Crippen MR) is 66.3 cm³/mol. The van der Waals surface area contributed by atoms with Crippen molar-refractivity contribution in [2.24, 2.45) is 11.8 Å². The van der Waals surface area contributed by atoms with Crippen LogP contribution in [-0.4, -0.2) is 16.5 Å². The number of nitro groups is 1. The Labute approximate surface area is 104 Å². The van der Waals surface area contributed by atoms with Crippen molar-refractivity contribution < 1.29 is 4.92 Å². The van der Waals surface area contributed by atoms with Crippen LogP contribution < -0.4 is 5.32 Å². The van der Waals surface area contributed by atoms with Gasteiger partial charge < -0.3 is 5.32 Å².